The monoisotopic (exact) mass is 382 g/mol. The quantitative estimate of drug-likeness (QED) is 0.292. The summed E-state index contributed by atoms with van der Waals surface area (Å²) in [5.41, 5.74) is 1.57. The van der Waals surface area contributed by atoms with Crippen molar-refractivity contribution in [1.82, 2.24) is 0 Å². The molecule has 3 rings (SSSR count). The van der Waals surface area contributed by atoms with E-state index in [1.54, 1.807) is 5.56 Å². The lowest BCUT2D eigenvalue weighted by molar-refractivity contribution is 0.215. The van der Waals surface area contributed by atoms with Crippen LogP contribution in [0.15, 0.2) is 36.4 Å². The van der Waals surface area contributed by atoms with Crippen LogP contribution in [0.2, 0.25) is 0 Å². The molecule has 1 fully saturated rings. The molecule has 0 heterocycles. The Morgan fingerprint density at radius 3 is 2.32 bits per heavy atom. The molecule has 1 aromatic rings. The minimum absolute atomic E-state index is 0.739. The van der Waals surface area contributed by atoms with Gasteiger partial charge in [-0.1, -0.05) is 70.2 Å². The first-order valence-electron chi connectivity index (χ1n) is 12.2. The van der Waals surface area contributed by atoms with Gasteiger partial charge in [0.2, 0.25) is 0 Å². The Kier molecular flexibility index (Phi) is 8.96. The van der Waals surface area contributed by atoms with E-state index in [1.165, 1.54) is 70.6 Å². The highest BCUT2D eigenvalue weighted by atomic mass is 16.5. The molecule has 0 bridgehead atoms. The first kappa shape index (κ1) is 21.5. The number of hydrogen-bond donors (Lipinski definition) is 0. The third-order valence-electron chi connectivity index (χ3n) is 7.33. The summed E-state index contributed by atoms with van der Waals surface area (Å²) < 4.78 is 5.96. The molecular formula is C27H42O. The van der Waals surface area contributed by atoms with Crippen LogP contribution in [0.1, 0.15) is 102 Å². The molecule has 1 heteroatoms. The van der Waals surface area contributed by atoms with Gasteiger partial charge in [-0.3, -0.25) is 0 Å². The van der Waals surface area contributed by atoms with Gasteiger partial charge in [-0.25, -0.2) is 0 Å². The third kappa shape index (κ3) is 6.39. The van der Waals surface area contributed by atoms with Crippen molar-refractivity contribution < 1.29 is 4.74 Å². The second-order valence-electron chi connectivity index (χ2n) is 9.31. The van der Waals surface area contributed by atoms with Crippen LogP contribution in [-0.4, -0.2) is 6.61 Å². The van der Waals surface area contributed by atoms with Crippen LogP contribution < -0.4 is 4.74 Å². The zero-order valence-corrected chi connectivity index (χ0v) is 18.4. The van der Waals surface area contributed by atoms with Gasteiger partial charge in [-0.2, -0.15) is 0 Å². The Morgan fingerprint density at radius 1 is 0.893 bits per heavy atom. The van der Waals surface area contributed by atoms with E-state index in [0.717, 1.165) is 42.4 Å². The zero-order chi connectivity index (χ0) is 19.6. The van der Waals surface area contributed by atoms with Crippen molar-refractivity contribution in [3.05, 3.63) is 42.0 Å². The maximum Gasteiger partial charge on any atom is 0.119 e. The van der Waals surface area contributed by atoms with Gasteiger partial charge in [-0.15, -0.1) is 0 Å². The average molecular weight is 383 g/mol. The Labute approximate surface area is 174 Å². The van der Waals surface area contributed by atoms with Crippen molar-refractivity contribution in [2.45, 2.75) is 96.8 Å². The number of benzene rings is 1. The predicted octanol–water partition coefficient (Wildman–Crippen LogP) is 8.30. The molecule has 0 amide bonds. The summed E-state index contributed by atoms with van der Waals surface area (Å²) in [6.07, 6.45) is 20.9. The fraction of sp³-hybridized carbons (Fsp3) is 0.704. The van der Waals surface area contributed by atoms with Crippen LogP contribution in [-0.2, 0) is 0 Å². The van der Waals surface area contributed by atoms with Crippen molar-refractivity contribution in [3.63, 3.8) is 0 Å². The van der Waals surface area contributed by atoms with Crippen LogP contribution >= 0.6 is 0 Å². The molecule has 2 aliphatic carbocycles. The summed E-state index contributed by atoms with van der Waals surface area (Å²) in [6.45, 7) is 5.47. The molecule has 156 valence electrons. The summed E-state index contributed by atoms with van der Waals surface area (Å²) in [7, 11) is 0. The van der Waals surface area contributed by atoms with Crippen LogP contribution in [0.25, 0.3) is 0 Å². The molecule has 2 unspecified atom stereocenters. The first-order valence-corrected chi connectivity index (χ1v) is 12.2. The van der Waals surface area contributed by atoms with E-state index < -0.39 is 0 Å². The molecular weight excluding hydrogens is 340 g/mol. The van der Waals surface area contributed by atoms with E-state index in [-0.39, 0.29) is 0 Å². The van der Waals surface area contributed by atoms with Gasteiger partial charge in [0.1, 0.15) is 5.75 Å². The summed E-state index contributed by atoms with van der Waals surface area (Å²) >= 11 is 0. The molecule has 0 aromatic heterocycles. The maximum atomic E-state index is 5.96. The van der Waals surface area contributed by atoms with E-state index >= 15 is 0 Å². The highest BCUT2D eigenvalue weighted by Gasteiger charge is 2.30. The summed E-state index contributed by atoms with van der Waals surface area (Å²) in [5.74, 6) is 4.53. The van der Waals surface area contributed by atoms with Crippen molar-refractivity contribution >= 4 is 0 Å². The molecule has 1 aromatic carbocycles. The van der Waals surface area contributed by atoms with Gasteiger partial charge in [-0.05, 0) is 86.3 Å². The predicted molar refractivity (Wildman–Crippen MR) is 121 cm³/mol. The fourth-order valence-corrected chi connectivity index (χ4v) is 5.38. The number of rotatable bonds is 10. The topological polar surface area (TPSA) is 9.23 Å². The van der Waals surface area contributed by atoms with Gasteiger partial charge in [0.05, 0.1) is 6.61 Å². The van der Waals surface area contributed by atoms with E-state index in [4.69, 9.17) is 4.74 Å². The van der Waals surface area contributed by atoms with Crippen LogP contribution in [0.4, 0.5) is 0 Å². The van der Waals surface area contributed by atoms with Crippen LogP contribution in [0.3, 0.4) is 0 Å². The molecule has 2 aliphatic rings. The number of unbranched alkanes of at least 4 members (excludes halogenated alkanes) is 2. The highest BCUT2D eigenvalue weighted by molar-refractivity contribution is 5.30. The lowest BCUT2D eigenvalue weighted by Gasteiger charge is -2.36. The Hall–Kier alpha value is -1.24. The SMILES string of the molecule is CCCCCOc1ccc(C(CC2CC=CCC2)C2CCC(CC)CC2)cc1. The lowest BCUT2D eigenvalue weighted by atomic mass is 9.69. The maximum absolute atomic E-state index is 5.96. The van der Waals surface area contributed by atoms with Crippen molar-refractivity contribution in [3.8, 4) is 5.75 Å². The van der Waals surface area contributed by atoms with Crippen LogP contribution in [0.5, 0.6) is 5.75 Å². The van der Waals surface area contributed by atoms with Gasteiger partial charge >= 0.3 is 0 Å². The molecule has 0 radical (unpaired) electrons. The zero-order valence-electron chi connectivity index (χ0n) is 18.4. The molecule has 0 spiro atoms. The summed E-state index contributed by atoms with van der Waals surface area (Å²) in [4.78, 5) is 0. The van der Waals surface area contributed by atoms with Gasteiger partial charge in [0.15, 0.2) is 0 Å². The van der Waals surface area contributed by atoms with Crippen LogP contribution in [0, 0.1) is 17.8 Å². The Morgan fingerprint density at radius 2 is 1.68 bits per heavy atom. The highest BCUT2D eigenvalue weighted by Crippen LogP contribution is 2.43. The number of hydrogen-bond acceptors (Lipinski definition) is 1. The lowest BCUT2D eigenvalue weighted by Crippen LogP contribution is -2.23. The smallest absolute Gasteiger partial charge is 0.119 e. The molecule has 0 saturated heterocycles. The molecule has 2 atom stereocenters. The summed E-state index contributed by atoms with van der Waals surface area (Å²) in [5, 5.41) is 0. The largest absolute Gasteiger partial charge is 0.494 e. The third-order valence-corrected chi connectivity index (χ3v) is 7.33. The van der Waals surface area contributed by atoms with Crippen molar-refractivity contribution in [1.29, 1.82) is 0 Å². The minimum atomic E-state index is 0.739. The summed E-state index contributed by atoms with van der Waals surface area (Å²) in [6, 6.07) is 9.22. The molecule has 0 aliphatic heterocycles. The Bertz CT molecular complexity index is 564. The van der Waals surface area contributed by atoms with Gasteiger partial charge < -0.3 is 4.74 Å². The normalized spacial score (nSPS) is 26.1. The number of ether oxygens (including phenoxy) is 1. The van der Waals surface area contributed by atoms with E-state index in [1.807, 2.05) is 0 Å². The second-order valence-corrected chi connectivity index (χ2v) is 9.31. The van der Waals surface area contributed by atoms with E-state index in [0.29, 0.717) is 0 Å². The molecule has 0 N–H and O–H groups in total. The van der Waals surface area contributed by atoms with Crippen molar-refractivity contribution in [2.24, 2.45) is 17.8 Å². The second kappa shape index (κ2) is 11.7. The minimum Gasteiger partial charge on any atom is -0.494 e. The average Bonchev–Trinajstić information content (AvgIpc) is 2.76. The van der Waals surface area contributed by atoms with Gasteiger partial charge in [0.25, 0.3) is 0 Å². The molecule has 1 nitrogen and oxygen atoms in total. The first-order chi connectivity index (χ1) is 13.8. The van der Waals surface area contributed by atoms with E-state index in [2.05, 4.69) is 50.3 Å². The molecule has 1 saturated carbocycles. The van der Waals surface area contributed by atoms with Crippen molar-refractivity contribution in [2.75, 3.05) is 6.61 Å². The van der Waals surface area contributed by atoms with E-state index in [9.17, 15) is 0 Å². The molecule has 28 heavy (non-hydrogen) atoms. The fourth-order valence-electron chi connectivity index (χ4n) is 5.38. The Balaban J connectivity index is 1.64. The van der Waals surface area contributed by atoms with Gasteiger partial charge in [0, 0.05) is 0 Å². The standard InChI is InChI=1S/C27H42O/c1-3-5-9-20-28-26-18-16-25(17-19-26)27(21-23-10-7-6-8-11-23)24-14-12-22(4-2)13-15-24/h6-7,16-19,22-24,27H,3-5,8-15,20-21H2,1-2H3. The number of allylic oxidation sites excluding steroid dienone is 2.